The van der Waals surface area contributed by atoms with Crippen LogP contribution >= 0.6 is 15.9 Å². The van der Waals surface area contributed by atoms with E-state index >= 15 is 0 Å². The molecule has 1 amide bonds. The molecule has 0 saturated heterocycles. The lowest BCUT2D eigenvalue weighted by Crippen LogP contribution is -2.13. The van der Waals surface area contributed by atoms with Crippen molar-refractivity contribution in [2.75, 3.05) is 5.32 Å². The van der Waals surface area contributed by atoms with Crippen LogP contribution in [0.5, 0.6) is 0 Å². The van der Waals surface area contributed by atoms with E-state index in [0.717, 1.165) is 15.7 Å². The Morgan fingerprint density at radius 2 is 1.85 bits per heavy atom. The van der Waals surface area contributed by atoms with Gasteiger partial charge >= 0.3 is 0 Å². The number of nitrogens with two attached hydrogens (primary N) is 1. The predicted molar refractivity (Wildman–Crippen MR) is 85.5 cm³/mol. The average Bonchev–Trinajstić information content (AvgIpc) is 2.41. The average molecular weight is 333 g/mol. The number of anilines is 1. The highest BCUT2D eigenvalue weighted by atomic mass is 79.9. The highest BCUT2D eigenvalue weighted by Crippen LogP contribution is 2.26. The molecule has 0 aliphatic carbocycles. The number of halogens is 1. The fourth-order valence-corrected chi connectivity index (χ4v) is 2.70. The minimum Gasteiger partial charge on any atom is -0.378 e. The van der Waals surface area contributed by atoms with E-state index in [9.17, 15) is 4.79 Å². The minimum atomic E-state index is -0.313. The first-order chi connectivity index (χ1) is 9.56. The number of primary amides is 1. The summed E-state index contributed by atoms with van der Waals surface area (Å²) in [6.45, 7) is 2.11. The van der Waals surface area contributed by atoms with E-state index in [0.29, 0.717) is 0 Å². The number of hydrogen-bond acceptors (Lipinski definition) is 2. The van der Waals surface area contributed by atoms with Gasteiger partial charge in [0.25, 0.3) is 0 Å². The zero-order valence-electron chi connectivity index (χ0n) is 11.3. The lowest BCUT2D eigenvalue weighted by atomic mass is 10.1. The molecule has 0 aromatic heterocycles. The summed E-state index contributed by atoms with van der Waals surface area (Å²) < 4.78 is 1.09. The lowest BCUT2D eigenvalue weighted by molar-refractivity contribution is -0.117. The van der Waals surface area contributed by atoms with Crippen LogP contribution in [0.4, 0.5) is 5.69 Å². The molecule has 0 radical (unpaired) electrons. The minimum absolute atomic E-state index is 0.188. The van der Waals surface area contributed by atoms with Crippen molar-refractivity contribution in [1.82, 2.24) is 0 Å². The van der Waals surface area contributed by atoms with Gasteiger partial charge in [-0.1, -0.05) is 46.3 Å². The van der Waals surface area contributed by atoms with Crippen molar-refractivity contribution < 1.29 is 4.79 Å². The molecule has 0 aliphatic rings. The molecular weight excluding hydrogens is 316 g/mol. The summed E-state index contributed by atoms with van der Waals surface area (Å²) in [7, 11) is 0. The molecule has 3 nitrogen and oxygen atoms in total. The first kappa shape index (κ1) is 14.6. The fourth-order valence-electron chi connectivity index (χ4n) is 2.07. The monoisotopic (exact) mass is 332 g/mol. The quantitative estimate of drug-likeness (QED) is 0.877. The van der Waals surface area contributed by atoms with Gasteiger partial charge in [0, 0.05) is 16.2 Å². The maximum Gasteiger partial charge on any atom is 0.221 e. The van der Waals surface area contributed by atoms with E-state index in [4.69, 9.17) is 5.73 Å². The highest BCUT2D eigenvalue weighted by molar-refractivity contribution is 9.10. The van der Waals surface area contributed by atoms with Crippen LogP contribution in [-0.4, -0.2) is 5.91 Å². The Labute approximate surface area is 127 Å². The zero-order valence-corrected chi connectivity index (χ0v) is 12.9. The van der Waals surface area contributed by atoms with Gasteiger partial charge in [0.05, 0.1) is 6.42 Å². The van der Waals surface area contributed by atoms with Gasteiger partial charge in [0.2, 0.25) is 5.91 Å². The third kappa shape index (κ3) is 3.84. The van der Waals surface area contributed by atoms with Crippen LogP contribution in [0, 0.1) is 0 Å². The molecule has 1 atom stereocenters. The molecule has 2 aromatic carbocycles. The number of hydrogen-bond donors (Lipinski definition) is 2. The van der Waals surface area contributed by atoms with E-state index in [1.165, 1.54) is 5.56 Å². The van der Waals surface area contributed by atoms with Gasteiger partial charge in [-0.2, -0.15) is 0 Å². The van der Waals surface area contributed by atoms with Crippen LogP contribution in [0.25, 0.3) is 0 Å². The van der Waals surface area contributed by atoms with Gasteiger partial charge in [-0.3, -0.25) is 4.79 Å². The van der Waals surface area contributed by atoms with E-state index in [1.807, 2.05) is 42.5 Å². The smallest absolute Gasteiger partial charge is 0.221 e. The van der Waals surface area contributed by atoms with Crippen molar-refractivity contribution >= 4 is 27.5 Å². The summed E-state index contributed by atoms with van der Waals surface area (Å²) in [5.41, 5.74) is 8.32. The molecule has 0 saturated carbocycles. The molecule has 4 heteroatoms. The van der Waals surface area contributed by atoms with Crippen molar-refractivity contribution in [3.05, 3.63) is 64.1 Å². The summed E-state index contributed by atoms with van der Waals surface area (Å²) in [5, 5.41) is 3.43. The molecule has 1 unspecified atom stereocenters. The number of carbonyl (C=O) groups is 1. The summed E-state index contributed by atoms with van der Waals surface area (Å²) in [6, 6.07) is 16.1. The Morgan fingerprint density at radius 1 is 1.20 bits per heavy atom. The Morgan fingerprint density at radius 3 is 2.45 bits per heavy atom. The van der Waals surface area contributed by atoms with E-state index in [1.54, 1.807) is 0 Å². The Hall–Kier alpha value is -1.81. The third-order valence-electron chi connectivity index (χ3n) is 3.09. The Balaban J connectivity index is 2.06. The molecule has 3 N–H and O–H groups in total. The number of rotatable bonds is 5. The summed E-state index contributed by atoms with van der Waals surface area (Å²) in [4.78, 5) is 10.9. The molecule has 0 heterocycles. The molecule has 0 spiro atoms. The topological polar surface area (TPSA) is 55.1 Å². The molecule has 2 aromatic rings. The highest BCUT2D eigenvalue weighted by Gasteiger charge is 2.08. The second-order valence-corrected chi connectivity index (χ2v) is 5.58. The fraction of sp³-hybridized carbons (Fsp3) is 0.188. The van der Waals surface area contributed by atoms with Crippen LogP contribution in [0.3, 0.4) is 0 Å². The maximum atomic E-state index is 10.9. The van der Waals surface area contributed by atoms with E-state index in [2.05, 4.69) is 34.2 Å². The van der Waals surface area contributed by atoms with Gasteiger partial charge in [-0.15, -0.1) is 0 Å². The molecular formula is C16H17BrN2O. The first-order valence-electron chi connectivity index (χ1n) is 6.44. The number of amides is 1. The van der Waals surface area contributed by atoms with Crippen LogP contribution in [-0.2, 0) is 11.2 Å². The van der Waals surface area contributed by atoms with Crippen LogP contribution in [0.2, 0.25) is 0 Å². The third-order valence-corrected chi connectivity index (χ3v) is 3.81. The number of carbonyl (C=O) groups excluding carboxylic acids is 1. The van der Waals surface area contributed by atoms with Crippen LogP contribution < -0.4 is 11.1 Å². The lowest BCUT2D eigenvalue weighted by Gasteiger charge is -2.17. The Kier molecular flexibility index (Phi) is 4.79. The molecule has 0 bridgehead atoms. The van der Waals surface area contributed by atoms with Crippen molar-refractivity contribution in [3.8, 4) is 0 Å². The molecule has 0 fully saturated rings. The van der Waals surface area contributed by atoms with E-state index in [-0.39, 0.29) is 18.4 Å². The first-order valence-corrected chi connectivity index (χ1v) is 7.24. The van der Waals surface area contributed by atoms with Crippen LogP contribution in [0.1, 0.15) is 24.1 Å². The molecule has 20 heavy (non-hydrogen) atoms. The zero-order chi connectivity index (χ0) is 14.5. The number of nitrogens with one attached hydrogen (secondary N) is 1. The van der Waals surface area contributed by atoms with E-state index < -0.39 is 0 Å². The summed E-state index contributed by atoms with van der Waals surface area (Å²) >= 11 is 3.56. The largest absolute Gasteiger partial charge is 0.378 e. The van der Waals surface area contributed by atoms with Gasteiger partial charge in [-0.05, 0) is 36.2 Å². The van der Waals surface area contributed by atoms with Crippen molar-refractivity contribution in [2.45, 2.75) is 19.4 Å². The summed E-state index contributed by atoms with van der Waals surface area (Å²) in [5.74, 6) is -0.313. The second kappa shape index (κ2) is 6.57. The normalized spacial score (nSPS) is 11.9. The van der Waals surface area contributed by atoms with Gasteiger partial charge in [0.1, 0.15) is 0 Å². The van der Waals surface area contributed by atoms with Crippen molar-refractivity contribution in [1.29, 1.82) is 0 Å². The SMILES string of the molecule is CC(Nc1ccc(CC(N)=O)cc1)c1ccccc1Br. The number of benzene rings is 2. The maximum absolute atomic E-state index is 10.9. The van der Waals surface area contributed by atoms with Crippen molar-refractivity contribution in [3.63, 3.8) is 0 Å². The van der Waals surface area contributed by atoms with Gasteiger partial charge in [0.15, 0.2) is 0 Å². The predicted octanol–water partition coefficient (Wildman–Crippen LogP) is 3.65. The Bertz CT molecular complexity index is 596. The van der Waals surface area contributed by atoms with Crippen molar-refractivity contribution in [2.24, 2.45) is 5.73 Å². The van der Waals surface area contributed by atoms with Crippen LogP contribution in [0.15, 0.2) is 53.0 Å². The molecule has 2 rings (SSSR count). The van der Waals surface area contributed by atoms with Gasteiger partial charge in [-0.25, -0.2) is 0 Å². The molecule has 0 aliphatic heterocycles. The molecule has 104 valence electrons. The van der Waals surface area contributed by atoms with Gasteiger partial charge < -0.3 is 11.1 Å². The standard InChI is InChI=1S/C16H17BrN2O/c1-11(14-4-2-3-5-15(14)17)19-13-8-6-12(7-9-13)10-16(18)20/h2-9,11,19H,10H2,1H3,(H2,18,20). The summed E-state index contributed by atoms with van der Waals surface area (Å²) in [6.07, 6.45) is 0.278. The second-order valence-electron chi connectivity index (χ2n) is 4.73.